The van der Waals surface area contributed by atoms with E-state index < -0.39 is 0 Å². The number of ether oxygens (including phenoxy) is 1. The van der Waals surface area contributed by atoms with Crippen LogP contribution in [0.4, 0.5) is 0 Å². The SMILES string of the molecule is CCc1ccc(OCC(N)=S)c(C(C)(C)C)c1. The fraction of sp³-hybridized carbons (Fsp3) is 0.500. The van der Waals surface area contributed by atoms with Gasteiger partial charge in [0.15, 0.2) is 0 Å². The molecule has 94 valence electrons. The quantitative estimate of drug-likeness (QED) is 0.835. The predicted octanol–water partition coefficient (Wildman–Crippen LogP) is 3.21. The molecule has 0 atom stereocenters. The molecule has 0 fully saturated rings. The van der Waals surface area contributed by atoms with Crippen molar-refractivity contribution in [3.05, 3.63) is 29.3 Å². The Hall–Kier alpha value is -1.09. The Bertz CT molecular complexity index is 407. The molecule has 1 rings (SSSR count). The molecular formula is C14H21NOS. The van der Waals surface area contributed by atoms with Crippen molar-refractivity contribution in [2.45, 2.75) is 39.5 Å². The summed E-state index contributed by atoms with van der Waals surface area (Å²) in [6.45, 7) is 8.97. The highest BCUT2D eigenvalue weighted by Gasteiger charge is 2.19. The first-order chi connectivity index (χ1) is 7.84. The van der Waals surface area contributed by atoms with Gasteiger partial charge in [0, 0.05) is 0 Å². The zero-order valence-electron chi connectivity index (χ0n) is 11.0. The standard InChI is InChI=1S/C14H21NOS/c1-5-10-6-7-12(16-9-13(15)17)11(8-10)14(2,3)4/h6-8H,5,9H2,1-4H3,(H2,15,17). The zero-order chi connectivity index (χ0) is 13.1. The maximum absolute atomic E-state index is 5.66. The van der Waals surface area contributed by atoms with E-state index in [1.807, 2.05) is 6.07 Å². The molecule has 0 radical (unpaired) electrons. The van der Waals surface area contributed by atoms with Crippen LogP contribution in [0.1, 0.15) is 38.8 Å². The van der Waals surface area contributed by atoms with E-state index in [0.717, 1.165) is 12.2 Å². The first kappa shape index (κ1) is 14.0. The molecule has 0 aliphatic heterocycles. The van der Waals surface area contributed by atoms with Crippen molar-refractivity contribution in [3.63, 3.8) is 0 Å². The minimum Gasteiger partial charge on any atom is -0.486 e. The third-order valence-corrected chi connectivity index (χ3v) is 2.75. The van der Waals surface area contributed by atoms with E-state index in [2.05, 4.69) is 39.8 Å². The molecule has 1 aromatic carbocycles. The Morgan fingerprint density at radius 3 is 2.47 bits per heavy atom. The van der Waals surface area contributed by atoms with Crippen LogP contribution in [-0.2, 0) is 11.8 Å². The van der Waals surface area contributed by atoms with Crippen molar-refractivity contribution >= 4 is 17.2 Å². The molecule has 0 unspecified atom stereocenters. The fourth-order valence-electron chi connectivity index (χ4n) is 1.66. The summed E-state index contributed by atoms with van der Waals surface area (Å²) in [6.07, 6.45) is 1.03. The van der Waals surface area contributed by atoms with Gasteiger partial charge in [-0.1, -0.05) is 52.0 Å². The van der Waals surface area contributed by atoms with E-state index in [4.69, 9.17) is 22.7 Å². The average Bonchev–Trinajstić information content (AvgIpc) is 2.24. The van der Waals surface area contributed by atoms with Crippen LogP contribution in [0.15, 0.2) is 18.2 Å². The maximum atomic E-state index is 5.66. The van der Waals surface area contributed by atoms with Crippen molar-refractivity contribution in [1.29, 1.82) is 0 Å². The number of rotatable bonds is 4. The lowest BCUT2D eigenvalue weighted by molar-refractivity contribution is 0.364. The minimum atomic E-state index is 0.0523. The number of thiocarbonyl (C=S) groups is 1. The molecular weight excluding hydrogens is 230 g/mol. The highest BCUT2D eigenvalue weighted by Crippen LogP contribution is 2.32. The van der Waals surface area contributed by atoms with Crippen LogP contribution in [0.5, 0.6) is 5.75 Å². The first-order valence-corrected chi connectivity index (χ1v) is 6.30. The second kappa shape index (κ2) is 5.50. The van der Waals surface area contributed by atoms with Gasteiger partial charge in [0.25, 0.3) is 0 Å². The number of hydrogen-bond acceptors (Lipinski definition) is 2. The van der Waals surface area contributed by atoms with Gasteiger partial charge < -0.3 is 10.5 Å². The largest absolute Gasteiger partial charge is 0.486 e. The van der Waals surface area contributed by atoms with Gasteiger partial charge in [-0.2, -0.15) is 0 Å². The Labute approximate surface area is 109 Å². The molecule has 1 aromatic rings. The van der Waals surface area contributed by atoms with Gasteiger partial charge in [-0.15, -0.1) is 0 Å². The van der Waals surface area contributed by atoms with Crippen LogP contribution < -0.4 is 10.5 Å². The molecule has 0 aliphatic rings. The molecule has 0 bridgehead atoms. The van der Waals surface area contributed by atoms with Gasteiger partial charge in [0.2, 0.25) is 0 Å². The van der Waals surface area contributed by atoms with Crippen molar-refractivity contribution < 1.29 is 4.74 Å². The van der Waals surface area contributed by atoms with Crippen LogP contribution in [-0.4, -0.2) is 11.6 Å². The molecule has 0 aliphatic carbocycles. The molecule has 0 amide bonds. The summed E-state index contributed by atoms with van der Waals surface area (Å²) in [5.74, 6) is 0.877. The van der Waals surface area contributed by atoms with E-state index >= 15 is 0 Å². The number of hydrogen-bond donors (Lipinski definition) is 1. The third kappa shape index (κ3) is 4.00. The topological polar surface area (TPSA) is 35.2 Å². The van der Waals surface area contributed by atoms with Crippen molar-refractivity contribution in [2.24, 2.45) is 5.73 Å². The van der Waals surface area contributed by atoms with Gasteiger partial charge in [0.1, 0.15) is 17.3 Å². The summed E-state index contributed by atoms with van der Waals surface area (Å²) in [5.41, 5.74) is 8.03. The van der Waals surface area contributed by atoms with E-state index in [0.29, 0.717) is 11.6 Å². The van der Waals surface area contributed by atoms with Gasteiger partial charge in [-0.05, 0) is 29.0 Å². The lowest BCUT2D eigenvalue weighted by Crippen LogP contribution is -2.20. The normalized spacial score (nSPS) is 11.3. The molecule has 0 heterocycles. The molecule has 17 heavy (non-hydrogen) atoms. The third-order valence-electron chi connectivity index (χ3n) is 2.63. The van der Waals surface area contributed by atoms with Crippen molar-refractivity contribution in [3.8, 4) is 5.75 Å². The molecule has 0 spiro atoms. The smallest absolute Gasteiger partial charge is 0.138 e. The van der Waals surface area contributed by atoms with E-state index in [9.17, 15) is 0 Å². The Kier molecular flexibility index (Phi) is 4.52. The molecule has 3 heteroatoms. The molecule has 2 nitrogen and oxygen atoms in total. The van der Waals surface area contributed by atoms with Crippen molar-refractivity contribution in [2.75, 3.05) is 6.61 Å². The van der Waals surface area contributed by atoms with Crippen LogP contribution >= 0.6 is 12.2 Å². The van der Waals surface area contributed by atoms with Gasteiger partial charge in [0.05, 0.1) is 0 Å². The lowest BCUT2D eigenvalue weighted by atomic mass is 9.85. The summed E-state index contributed by atoms with van der Waals surface area (Å²) < 4.78 is 5.66. The second-order valence-corrected chi connectivity index (χ2v) is 5.71. The highest BCUT2D eigenvalue weighted by molar-refractivity contribution is 7.80. The van der Waals surface area contributed by atoms with E-state index in [1.165, 1.54) is 11.1 Å². The Morgan fingerprint density at radius 2 is 2.00 bits per heavy atom. The summed E-state index contributed by atoms with van der Waals surface area (Å²) in [4.78, 5) is 0.379. The summed E-state index contributed by atoms with van der Waals surface area (Å²) in [5, 5.41) is 0. The summed E-state index contributed by atoms with van der Waals surface area (Å²) in [7, 11) is 0. The van der Waals surface area contributed by atoms with E-state index in [1.54, 1.807) is 0 Å². The lowest BCUT2D eigenvalue weighted by Gasteiger charge is -2.23. The van der Waals surface area contributed by atoms with Crippen LogP contribution in [0.25, 0.3) is 0 Å². The molecule has 2 N–H and O–H groups in total. The average molecular weight is 251 g/mol. The molecule has 0 aromatic heterocycles. The van der Waals surface area contributed by atoms with Gasteiger partial charge >= 0.3 is 0 Å². The molecule has 0 saturated heterocycles. The fourth-order valence-corrected chi connectivity index (χ4v) is 1.72. The van der Waals surface area contributed by atoms with E-state index in [-0.39, 0.29) is 5.41 Å². The minimum absolute atomic E-state index is 0.0523. The van der Waals surface area contributed by atoms with Crippen LogP contribution in [0, 0.1) is 0 Å². The maximum Gasteiger partial charge on any atom is 0.138 e. The number of benzene rings is 1. The van der Waals surface area contributed by atoms with Gasteiger partial charge in [-0.25, -0.2) is 0 Å². The number of aryl methyl sites for hydroxylation is 1. The van der Waals surface area contributed by atoms with Gasteiger partial charge in [-0.3, -0.25) is 0 Å². The summed E-state index contributed by atoms with van der Waals surface area (Å²) in [6, 6.07) is 6.30. The van der Waals surface area contributed by atoms with Crippen LogP contribution in [0.3, 0.4) is 0 Å². The highest BCUT2D eigenvalue weighted by atomic mass is 32.1. The summed E-state index contributed by atoms with van der Waals surface area (Å²) >= 11 is 4.83. The zero-order valence-corrected chi connectivity index (χ0v) is 11.9. The monoisotopic (exact) mass is 251 g/mol. The van der Waals surface area contributed by atoms with Crippen LogP contribution in [0.2, 0.25) is 0 Å². The Balaban J connectivity index is 3.07. The first-order valence-electron chi connectivity index (χ1n) is 5.89. The van der Waals surface area contributed by atoms with Crippen molar-refractivity contribution in [1.82, 2.24) is 0 Å². The number of nitrogens with two attached hydrogens (primary N) is 1. The molecule has 0 saturated carbocycles. The Morgan fingerprint density at radius 1 is 1.35 bits per heavy atom. The predicted molar refractivity (Wildman–Crippen MR) is 76.8 cm³/mol. The second-order valence-electron chi connectivity index (χ2n) is 5.19.